The van der Waals surface area contributed by atoms with Crippen LogP contribution in [0.1, 0.15) is 34.7 Å². The maximum atomic E-state index is 11.6. The Labute approximate surface area is 159 Å². The zero-order valence-corrected chi connectivity index (χ0v) is 15.0. The van der Waals surface area contributed by atoms with Gasteiger partial charge in [0.25, 0.3) is 5.69 Å². The van der Waals surface area contributed by atoms with Gasteiger partial charge in [-0.3, -0.25) is 10.1 Å². The van der Waals surface area contributed by atoms with E-state index in [-0.39, 0.29) is 16.7 Å². The molecule has 2 aliphatic rings. The molecular formula is C20H15N3O3S. The number of rotatable bonds is 3. The summed E-state index contributed by atoms with van der Waals surface area (Å²) >= 11 is 1.65. The Hall–Kier alpha value is -3.19. The van der Waals surface area contributed by atoms with Crippen LogP contribution >= 0.6 is 11.3 Å². The third-order valence-electron chi connectivity index (χ3n) is 4.90. The van der Waals surface area contributed by atoms with Gasteiger partial charge in [0.2, 0.25) is 6.23 Å². The number of nitrogens with zero attached hydrogens (tertiary/aromatic N) is 3. The average Bonchev–Trinajstić information content (AvgIpc) is 3.37. The molecule has 0 fully saturated rings. The largest absolute Gasteiger partial charge is 0.464 e. The Kier molecular flexibility index (Phi) is 3.68. The molecule has 2 atom stereocenters. The van der Waals surface area contributed by atoms with Gasteiger partial charge in [0.15, 0.2) is 0 Å². The van der Waals surface area contributed by atoms with Crippen molar-refractivity contribution in [2.24, 2.45) is 5.10 Å². The summed E-state index contributed by atoms with van der Waals surface area (Å²) in [5.41, 5.74) is 2.60. The fourth-order valence-corrected chi connectivity index (χ4v) is 4.41. The Morgan fingerprint density at radius 2 is 1.85 bits per heavy atom. The molecule has 2 aliphatic heterocycles. The molecule has 0 saturated heterocycles. The van der Waals surface area contributed by atoms with E-state index in [1.807, 2.05) is 40.7 Å². The molecule has 1 aromatic heterocycles. The van der Waals surface area contributed by atoms with Gasteiger partial charge in [0.05, 0.1) is 27.1 Å². The van der Waals surface area contributed by atoms with Crippen LogP contribution in [0.2, 0.25) is 0 Å². The van der Waals surface area contributed by atoms with Crippen molar-refractivity contribution in [2.45, 2.75) is 18.7 Å². The van der Waals surface area contributed by atoms with Crippen LogP contribution in [0.4, 0.5) is 5.69 Å². The van der Waals surface area contributed by atoms with E-state index in [0.29, 0.717) is 5.56 Å². The second kappa shape index (κ2) is 6.21. The molecule has 0 aliphatic carbocycles. The number of fused-ring (bicyclic) bond motifs is 3. The predicted molar refractivity (Wildman–Crippen MR) is 103 cm³/mol. The third-order valence-corrected chi connectivity index (χ3v) is 5.82. The van der Waals surface area contributed by atoms with Crippen molar-refractivity contribution in [1.82, 2.24) is 5.01 Å². The van der Waals surface area contributed by atoms with E-state index in [4.69, 9.17) is 9.84 Å². The molecule has 2 aromatic carbocycles. The van der Waals surface area contributed by atoms with Crippen LogP contribution in [0.3, 0.4) is 0 Å². The topological polar surface area (TPSA) is 68.0 Å². The summed E-state index contributed by atoms with van der Waals surface area (Å²) in [6.07, 6.45) is 0.113. The Bertz CT molecular complexity index is 1050. The molecule has 3 aromatic rings. The fraction of sp³-hybridized carbons (Fsp3) is 0.150. The first-order chi connectivity index (χ1) is 13.2. The zero-order chi connectivity index (χ0) is 18.4. The van der Waals surface area contributed by atoms with Crippen LogP contribution in [-0.2, 0) is 0 Å². The summed E-state index contributed by atoms with van der Waals surface area (Å²) in [5, 5.41) is 20.3. The first-order valence-corrected chi connectivity index (χ1v) is 9.49. The van der Waals surface area contributed by atoms with Gasteiger partial charge in [-0.15, -0.1) is 11.3 Å². The van der Waals surface area contributed by atoms with Crippen molar-refractivity contribution in [1.29, 1.82) is 0 Å². The normalized spacial score (nSPS) is 20.4. The van der Waals surface area contributed by atoms with Crippen LogP contribution in [0, 0.1) is 10.1 Å². The molecule has 27 heavy (non-hydrogen) atoms. The number of thiophene rings is 1. The number of nitro benzene ring substituents is 1. The molecule has 0 bridgehead atoms. The van der Waals surface area contributed by atoms with E-state index in [9.17, 15) is 10.1 Å². The first kappa shape index (κ1) is 16.0. The van der Waals surface area contributed by atoms with Crippen molar-refractivity contribution in [3.63, 3.8) is 0 Å². The highest BCUT2D eigenvalue weighted by atomic mass is 32.1. The van der Waals surface area contributed by atoms with Gasteiger partial charge in [-0.25, -0.2) is 5.01 Å². The van der Waals surface area contributed by atoms with Gasteiger partial charge in [-0.05, 0) is 23.6 Å². The summed E-state index contributed by atoms with van der Waals surface area (Å²) in [6.45, 7) is 0. The number of hydrazone groups is 1. The monoisotopic (exact) mass is 377 g/mol. The van der Waals surface area contributed by atoms with Crippen molar-refractivity contribution in [2.75, 3.05) is 0 Å². The number of hydrogen-bond acceptors (Lipinski definition) is 6. The molecule has 0 saturated carbocycles. The van der Waals surface area contributed by atoms with Crippen molar-refractivity contribution >= 4 is 22.7 Å². The molecule has 5 rings (SSSR count). The van der Waals surface area contributed by atoms with Crippen LogP contribution in [0.25, 0.3) is 0 Å². The summed E-state index contributed by atoms with van der Waals surface area (Å²) < 4.78 is 6.21. The molecule has 6 nitrogen and oxygen atoms in total. The lowest BCUT2D eigenvalue weighted by Crippen LogP contribution is -2.34. The van der Waals surface area contributed by atoms with E-state index in [0.717, 1.165) is 28.3 Å². The van der Waals surface area contributed by atoms with E-state index < -0.39 is 6.23 Å². The summed E-state index contributed by atoms with van der Waals surface area (Å²) in [4.78, 5) is 12.3. The summed E-state index contributed by atoms with van der Waals surface area (Å²) in [5.74, 6) is 0.754. The highest BCUT2D eigenvalue weighted by molar-refractivity contribution is 7.12. The lowest BCUT2D eigenvalue weighted by atomic mass is 9.97. The molecule has 7 heteroatoms. The highest BCUT2D eigenvalue weighted by Crippen LogP contribution is 2.48. The minimum absolute atomic E-state index is 0.00291. The molecule has 0 amide bonds. The van der Waals surface area contributed by atoms with Gasteiger partial charge < -0.3 is 4.74 Å². The smallest absolute Gasteiger partial charge is 0.278 e. The maximum absolute atomic E-state index is 11.6. The van der Waals surface area contributed by atoms with Crippen LogP contribution in [-0.4, -0.2) is 15.6 Å². The third kappa shape index (κ3) is 2.59. The highest BCUT2D eigenvalue weighted by Gasteiger charge is 2.42. The predicted octanol–water partition coefficient (Wildman–Crippen LogP) is 4.90. The van der Waals surface area contributed by atoms with Crippen LogP contribution < -0.4 is 4.74 Å². The Morgan fingerprint density at radius 3 is 2.63 bits per heavy atom. The Balaban J connectivity index is 1.65. The van der Waals surface area contributed by atoms with Gasteiger partial charge in [-0.2, -0.15) is 5.10 Å². The zero-order valence-electron chi connectivity index (χ0n) is 14.2. The number of para-hydroxylation sites is 2. The maximum Gasteiger partial charge on any atom is 0.278 e. The quantitative estimate of drug-likeness (QED) is 0.481. The number of ether oxygens (including phenoxy) is 1. The molecule has 0 radical (unpaired) electrons. The molecule has 134 valence electrons. The first-order valence-electron chi connectivity index (χ1n) is 8.61. The van der Waals surface area contributed by atoms with Gasteiger partial charge in [0.1, 0.15) is 5.75 Å². The molecule has 0 N–H and O–H groups in total. The van der Waals surface area contributed by atoms with Gasteiger partial charge >= 0.3 is 0 Å². The van der Waals surface area contributed by atoms with Crippen LogP contribution in [0.15, 0.2) is 71.1 Å². The molecule has 3 heterocycles. The second-order valence-electron chi connectivity index (χ2n) is 6.45. The average molecular weight is 377 g/mol. The van der Waals surface area contributed by atoms with E-state index in [1.165, 1.54) is 6.07 Å². The summed E-state index contributed by atoms with van der Waals surface area (Å²) in [6, 6.07) is 18.6. The van der Waals surface area contributed by atoms with Crippen molar-refractivity contribution in [3.05, 3.63) is 92.2 Å². The number of hydrogen-bond donors (Lipinski definition) is 0. The number of nitro groups is 1. The molecule has 0 unspecified atom stereocenters. The minimum Gasteiger partial charge on any atom is -0.464 e. The minimum atomic E-state index is -0.635. The van der Waals surface area contributed by atoms with Crippen LogP contribution in [0.5, 0.6) is 5.75 Å². The Morgan fingerprint density at radius 1 is 1.07 bits per heavy atom. The van der Waals surface area contributed by atoms with Crippen molar-refractivity contribution < 1.29 is 9.66 Å². The second-order valence-corrected chi connectivity index (χ2v) is 7.40. The summed E-state index contributed by atoms with van der Waals surface area (Å²) in [7, 11) is 0. The van der Waals surface area contributed by atoms with E-state index in [2.05, 4.69) is 6.07 Å². The SMILES string of the molecule is O=[N+]([O-])c1ccccc1[C@H]1Oc2ccccc2[C@H]2CC(c3cccs3)=NN21. The van der Waals surface area contributed by atoms with Gasteiger partial charge in [0, 0.05) is 18.1 Å². The lowest BCUT2D eigenvalue weighted by molar-refractivity contribution is -0.386. The lowest BCUT2D eigenvalue weighted by Gasteiger charge is -2.37. The van der Waals surface area contributed by atoms with Crippen molar-refractivity contribution in [3.8, 4) is 5.75 Å². The number of benzene rings is 2. The molecule has 0 spiro atoms. The van der Waals surface area contributed by atoms with E-state index >= 15 is 0 Å². The fourth-order valence-electron chi connectivity index (χ4n) is 3.69. The van der Waals surface area contributed by atoms with E-state index in [1.54, 1.807) is 29.5 Å². The standard InChI is InChI=1S/C20H15N3O3S/c24-23(25)16-8-3-1-7-14(16)20-22-17(13-6-2-4-9-18(13)26-20)12-15(21-22)19-10-5-11-27-19/h1-11,17,20H,12H2/t17-,20-/m1/s1. The van der Waals surface area contributed by atoms with Gasteiger partial charge in [-0.1, -0.05) is 36.4 Å². The molecular weight excluding hydrogens is 362 g/mol.